The standard InChI is InChI=1S/C12H20N2S/c1-9-6-12(2,3)7-10(9)14-8-11-13-4-5-15-11/h4-5,9-10,14H,6-8H2,1-3H3/t9-,10+/m1/s1. The molecule has 0 radical (unpaired) electrons. The molecule has 0 spiro atoms. The minimum atomic E-state index is 0.514. The largest absolute Gasteiger partial charge is 0.307 e. The van der Waals surface area contributed by atoms with Crippen molar-refractivity contribution in [2.24, 2.45) is 11.3 Å². The fourth-order valence-corrected chi connectivity index (χ4v) is 3.29. The summed E-state index contributed by atoms with van der Waals surface area (Å²) >= 11 is 1.73. The monoisotopic (exact) mass is 224 g/mol. The lowest BCUT2D eigenvalue weighted by Crippen LogP contribution is -2.31. The Morgan fingerprint density at radius 3 is 2.87 bits per heavy atom. The molecule has 1 aliphatic carbocycles. The summed E-state index contributed by atoms with van der Waals surface area (Å²) in [5, 5.41) is 6.88. The molecule has 15 heavy (non-hydrogen) atoms. The normalized spacial score (nSPS) is 29.5. The van der Waals surface area contributed by atoms with E-state index < -0.39 is 0 Å². The Morgan fingerprint density at radius 2 is 2.33 bits per heavy atom. The van der Waals surface area contributed by atoms with Crippen molar-refractivity contribution in [2.45, 2.75) is 46.2 Å². The number of thiazole rings is 1. The van der Waals surface area contributed by atoms with Gasteiger partial charge in [-0.2, -0.15) is 0 Å². The molecule has 3 heteroatoms. The van der Waals surface area contributed by atoms with E-state index in [0.29, 0.717) is 11.5 Å². The Labute approximate surface area is 96.1 Å². The predicted octanol–water partition coefficient (Wildman–Crippen LogP) is 3.06. The Hall–Kier alpha value is -0.410. The minimum absolute atomic E-state index is 0.514. The highest BCUT2D eigenvalue weighted by Gasteiger charge is 2.36. The third-order valence-electron chi connectivity index (χ3n) is 3.33. The lowest BCUT2D eigenvalue weighted by molar-refractivity contribution is 0.362. The molecule has 2 rings (SSSR count). The van der Waals surface area contributed by atoms with Gasteiger partial charge in [-0.05, 0) is 24.2 Å². The highest BCUT2D eigenvalue weighted by atomic mass is 32.1. The number of hydrogen-bond acceptors (Lipinski definition) is 3. The van der Waals surface area contributed by atoms with Crippen LogP contribution < -0.4 is 5.32 Å². The van der Waals surface area contributed by atoms with Gasteiger partial charge in [0.2, 0.25) is 0 Å². The van der Waals surface area contributed by atoms with Gasteiger partial charge in [0.25, 0.3) is 0 Å². The molecule has 0 unspecified atom stereocenters. The Morgan fingerprint density at radius 1 is 1.53 bits per heavy atom. The van der Waals surface area contributed by atoms with Crippen molar-refractivity contribution in [1.82, 2.24) is 10.3 Å². The van der Waals surface area contributed by atoms with Crippen LogP contribution in [0.15, 0.2) is 11.6 Å². The predicted molar refractivity (Wildman–Crippen MR) is 64.9 cm³/mol. The summed E-state index contributed by atoms with van der Waals surface area (Å²) in [6, 6.07) is 0.670. The van der Waals surface area contributed by atoms with E-state index in [1.165, 1.54) is 17.8 Å². The summed E-state index contributed by atoms with van der Waals surface area (Å²) in [5.74, 6) is 0.792. The molecule has 0 saturated heterocycles. The topological polar surface area (TPSA) is 24.9 Å². The molecular weight excluding hydrogens is 204 g/mol. The summed E-state index contributed by atoms with van der Waals surface area (Å²) in [6.45, 7) is 8.03. The van der Waals surface area contributed by atoms with Crippen LogP contribution in [-0.4, -0.2) is 11.0 Å². The molecule has 1 aromatic rings. The maximum absolute atomic E-state index is 4.29. The molecule has 0 aliphatic heterocycles. The Bertz CT molecular complexity index is 305. The van der Waals surface area contributed by atoms with Crippen LogP contribution in [0.5, 0.6) is 0 Å². The zero-order valence-electron chi connectivity index (χ0n) is 9.79. The molecule has 0 aromatic carbocycles. The molecule has 1 N–H and O–H groups in total. The average Bonchev–Trinajstić information content (AvgIpc) is 2.70. The van der Waals surface area contributed by atoms with Crippen molar-refractivity contribution in [3.05, 3.63) is 16.6 Å². The van der Waals surface area contributed by atoms with Crippen molar-refractivity contribution in [3.63, 3.8) is 0 Å². The van der Waals surface area contributed by atoms with Gasteiger partial charge in [0, 0.05) is 24.2 Å². The molecule has 0 amide bonds. The number of aromatic nitrogens is 1. The van der Waals surface area contributed by atoms with Crippen molar-refractivity contribution >= 4 is 11.3 Å². The van der Waals surface area contributed by atoms with Crippen molar-refractivity contribution in [3.8, 4) is 0 Å². The molecule has 2 nitrogen and oxygen atoms in total. The van der Waals surface area contributed by atoms with Crippen LogP contribution in [0.25, 0.3) is 0 Å². The number of rotatable bonds is 3. The summed E-state index contributed by atoms with van der Waals surface area (Å²) in [6.07, 6.45) is 4.51. The number of hydrogen-bond donors (Lipinski definition) is 1. The van der Waals surface area contributed by atoms with Gasteiger partial charge < -0.3 is 5.32 Å². The van der Waals surface area contributed by atoms with Crippen LogP contribution in [-0.2, 0) is 6.54 Å². The van der Waals surface area contributed by atoms with Gasteiger partial charge >= 0.3 is 0 Å². The van der Waals surface area contributed by atoms with Crippen LogP contribution >= 0.6 is 11.3 Å². The van der Waals surface area contributed by atoms with Gasteiger partial charge in [-0.15, -0.1) is 11.3 Å². The maximum Gasteiger partial charge on any atom is 0.106 e. The van der Waals surface area contributed by atoms with E-state index in [1.807, 2.05) is 11.6 Å². The molecule has 84 valence electrons. The molecular formula is C12H20N2S. The first-order chi connectivity index (χ1) is 7.07. The van der Waals surface area contributed by atoms with Crippen LogP contribution in [0, 0.1) is 11.3 Å². The fourth-order valence-electron chi connectivity index (χ4n) is 2.73. The zero-order chi connectivity index (χ0) is 10.9. The number of nitrogens with zero attached hydrogens (tertiary/aromatic N) is 1. The van der Waals surface area contributed by atoms with Gasteiger partial charge in [-0.1, -0.05) is 20.8 Å². The third kappa shape index (κ3) is 2.79. The molecule has 1 heterocycles. The summed E-state index contributed by atoms with van der Waals surface area (Å²) in [4.78, 5) is 4.29. The van der Waals surface area contributed by atoms with Crippen molar-refractivity contribution < 1.29 is 0 Å². The summed E-state index contributed by atoms with van der Waals surface area (Å²) < 4.78 is 0. The van der Waals surface area contributed by atoms with E-state index in [9.17, 15) is 0 Å². The fraction of sp³-hybridized carbons (Fsp3) is 0.750. The third-order valence-corrected chi connectivity index (χ3v) is 4.11. The molecule has 0 bridgehead atoms. The first kappa shape index (κ1) is 11.1. The Balaban J connectivity index is 1.85. The first-order valence-electron chi connectivity index (χ1n) is 5.69. The lowest BCUT2D eigenvalue weighted by atomic mass is 9.91. The quantitative estimate of drug-likeness (QED) is 0.853. The van der Waals surface area contributed by atoms with Crippen molar-refractivity contribution in [2.75, 3.05) is 0 Å². The average molecular weight is 224 g/mol. The second kappa shape index (κ2) is 4.22. The van der Waals surface area contributed by atoms with Gasteiger partial charge in [-0.25, -0.2) is 4.98 Å². The lowest BCUT2D eigenvalue weighted by Gasteiger charge is -2.17. The van der Waals surface area contributed by atoms with E-state index in [4.69, 9.17) is 0 Å². The van der Waals surface area contributed by atoms with E-state index in [-0.39, 0.29) is 0 Å². The second-order valence-corrected chi connectivity index (χ2v) is 6.44. The molecule has 1 aromatic heterocycles. The van der Waals surface area contributed by atoms with E-state index in [0.717, 1.165) is 12.5 Å². The van der Waals surface area contributed by atoms with Crippen LogP contribution in [0.3, 0.4) is 0 Å². The SMILES string of the molecule is C[C@@H]1CC(C)(C)C[C@@H]1NCc1nccs1. The Kier molecular flexibility index (Phi) is 3.12. The van der Waals surface area contributed by atoms with Gasteiger partial charge in [0.05, 0.1) is 0 Å². The second-order valence-electron chi connectivity index (χ2n) is 5.46. The van der Waals surface area contributed by atoms with E-state index in [2.05, 4.69) is 31.1 Å². The smallest absolute Gasteiger partial charge is 0.106 e. The van der Waals surface area contributed by atoms with E-state index in [1.54, 1.807) is 11.3 Å². The molecule has 2 atom stereocenters. The summed E-state index contributed by atoms with van der Waals surface area (Å²) in [5.41, 5.74) is 0.514. The highest BCUT2D eigenvalue weighted by molar-refractivity contribution is 7.09. The van der Waals surface area contributed by atoms with Crippen LogP contribution in [0.2, 0.25) is 0 Å². The molecule has 1 aliphatic rings. The van der Waals surface area contributed by atoms with E-state index >= 15 is 0 Å². The number of nitrogens with one attached hydrogen (secondary N) is 1. The highest BCUT2D eigenvalue weighted by Crippen LogP contribution is 2.40. The minimum Gasteiger partial charge on any atom is -0.307 e. The zero-order valence-corrected chi connectivity index (χ0v) is 10.6. The van der Waals surface area contributed by atoms with Crippen LogP contribution in [0.4, 0.5) is 0 Å². The molecule has 1 fully saturated rings. The summed E-state index contributed by atoms with van der Waals surface area (Å²) in [7, 11) is 0. The van der Waals surface area contributed by atoms with Gasteiger partial charge in [0.15, 0.2) is 0 Å². The van der Waals surface area contributed by atoms with Crippen molar-refractivity contribution in [1.29, 1.82) is 0 Å². The van der Waals surface area contributed by atoms with Gasteiger partial charge in [0.1, 0.15) is 5.01 Å². The van der Waals surface area contributed by atoms with Crippen LogP contribution in [0.1, 0.15) is 38.6 Å². The first-order valence-corrected chi connectivity index (χ1v) is 6.56. The molecule has 1 saturated carbocycles. The van der Waals surface area contributed by atoms with Gasteiger partial charge in [-0.3, -0.25) is 0 Å². The maximum atomic E-state index is 4.29.